The average molecular weight is 388 g/mol. The van der Waals surface area contributed by atoms with E-state index in [1.807, 2.05) is 13.0 Å². The van der Waals surface area contributed by atoms with E-state index >= 15 is 0 Å². The number of nitrogens with one attached hydrogen (secondary N) is 1. The van der Waals surface area contributed by atoms with Crippen molar-refractivity contribution in [3.05, 3.63) is 75.3 Å². The van der Waals surface area contributed by atoms with Crippen LogP contribution in [0.4, 0.5) is 5.69 Å². The molecule has 0 aliphatic rings. The van der Waals surface area contributed by atoms with Gasteiger partial charge in [-0.3, -0.25) is 14.9 Å². The third-order valence-electron chi connectivity index (χ3n) is 3.88. The van der Waals surface area contributed by atoms with Crippen molar-refractivity contribution < 1.29 is 19.2 Å². The molecule has 1 atom stereocenters. The number of rotatable bonds is 8. The van der Waals surface area contributed by atoms with E-state index in [0.29, 0.717) is 12.1 Å². The van der Waals surface area contributed by atoms with Crippen molar-refractivity contribution in [2.45, 2.75) is 18.7 Å². The summed E-state index contributed by atoms with van der Waals surface area (Å²) in [6.45, 7) is 2.26. The maximum absolute atomic E-state index is 12.0. The van der Waals surface area contributed by atoms with Crippen LogP contribution < -0.4 is 5.32 Å². The number of hydrogen-bond donors (Lipinski definition) is 1. The molecule has 0 saturated carbocycles. The lowest BCUT2D eigenvalue weighted by Gasteiger charge is -2.12. The van der Waals surface area contributed by atoms with Crippen LogP contribution in [0.2, 0.25) is 0 Å². The SMILES string of the molecule is COC(=O)c1ccc(CNC(=O)CS[C@H](C)c2cccc([N+](=O)[O-])c2)cc1. The van der Waals surface area contributed by atoms with Crippen LogP contribution in [0.25, 0.3) is 0 Å². The Hall–Kier alpha value is -2.87. The summed E-state index contributed by atoms with van der Waals surface area (Å²) in [6.07, 6.45) is 0. The van der Waals surface area contributed by atoms with E-state index in [0.717, 1.165) is 11.1 Å². The molecule has 0 heterocycles. The van der Waals surface area contributed by atoms with Crippen molar-refractivity contribution in [3.63, 3.8) is 0 Å². The average Bonchev–Trinajstić information content (AvgIpc) is 2.70. The number of nitrogens with zero attached hydrogens (tertiary/aromatic N) is 1. The number of esters is 1. The summed E-state index contributed by atoms with van der Waals surface area (Å²) in [7, 11) is 1.32. The molecule has 8 heteroatoms. The standard InChI is InChI=1S/C19H20N2O5S/c1-13(16-4-3-5-17(10-16)21(24)25)27-12-18(22)20-11-14-6-8-15(9-7-14)19(23)26-2/h3-10,13H,11-12H2,1-2H3,(H,20,22)/t13-/m1/s1. The second-order valence-electron chi connectivity index (χ2n) is 5.77. The van der Waals surface area contributed by atoms with E-state index in [1.54, 1.807) is 30.3 Å². The van der Waals surface area contributed by atoms with Crippen LogP contribution in [0.3, 0.4) is 0 Å². The van der Waals surface area contributed by atoms with Crippen molar-refractivity contribution in [1.82, 2.24) is 5.32 Å². The Kier molecular flexibility index (Phi) is 7.36. The van der Waals surface area contributed by atoms with Crippen LogP contribution >= 0.6 is 11.8 Å². The van der Waals surface area contributed by atoms with Gasteiger partial charge in [0.25, 0.3) is 5.69 Å². The summed E-state index contributed by atoms with van der Waals surface area (Å²) in [5.41, 5.74) is 2.17. The number of methoxy groups -OCH3 is 1. The fraction of sp³-hybridized carbons (Fsp3) is 0.263. The molecule has 27 heavy (non-hydrogen) atoms. The van der Waals surface area contributed by atoms with Gasteiger partial charge in [-0.1, -0.05) is 24.3 Å². The zero-order chi connectivity index (χ0) is 19.8. The predicted octanol–water partition coefficient (Wildman–Crippen LogP) is 3.49. The van der Waals surface area contributed by atoms with Gasteiger partial charge in [-0.15, -0.1) is 11.8 Å². The number of carbonyl (C=O) groups excluding carboxylic acids is 2. The number of thioether (sulfide) groups is 1. The lowest BCUT2D eigenvalue weighted by Crippen LogP contribution is -2.24. The molecule has 0 aromatic heterocycles. The summed E-state index contributed by atoms with van der Waals surface area (Å²) in [6, 6.07) is 13.2. The number of hydrogen-bond acceptors (Lipinski definition) is 6. The molecule has 1 N–H and O–H groups in total. The van der Waals surface area contributed by atoms with E-state index in [9.17, 15) is 19.7 Å². The Labute approximate surface area is 161 Å². The van der Waals surface area contributed by atoms with E-state index in [2.05, 4.69) is 10.1 Å². The maximum Gasteiger partial charge on any atom is 0.337 e. The van der Waals surface area contributed by atoms with Crippen LogP contribution in [-0.2, 0) is 16.1 Å². The zero-order valence-electron chi connectivity index (χ0n) is 15.0. The molecule has 2 aromatic rings. The topological polar surface area (TPSA) is 98.5 Å². The lowest BCUT2D eigenvalue weighted by molar-refractivity contribution is -0.384. The van der Waals surface area contributed by atoms with Crippen molar-refractivity contribution in [2.24, 2.45) is 0 Å². The number of non-ortho nitro benzene ring substituents is 1. The van der Waals surface area contributed by atoms with Gasteiger partial charge >= 0.3 is 5.97 Å². The highest BCUT2D eigenvalue weighted by Gasteiger charge is 2.13. The van der Waals surface area contributed by atoms with Gasteiger partial charge in [-0.05, 0) is 30.2 Å². The number of nitro benzene ring substituents is 1. The van der Waals surface area contributed by atoms with Gasteiger partial charge < -0.3 is 10.1 Å². The molecule has 0 unspecified atom stereocenters. The van der Waals surface area contributed by atoms with Crippen molar-refractivity contribution in [2.75, 3.05) is 12.9 Å². The third-order valence-corrected chi connectivity index (χ3v) is 5.08. The zero-order valence-corrected chi connectivity index (χ0v) is 15.8. The van der Waals surface area contributed by atoms with Crippen LogP contribution in [0.1, 0.15) is 33.7 Å². The largest absolute Gasteiger partial charge is 0.465 e. The quantitative estimate of drug-likeness (QED) is 0.422. The Balaban J connectivity index is 1.81. The smallest absolute Gasteiger partial charge is 0.337 e. The summed E-state index contributed by atoms with van der Waals surface area (Å²) < 4.78 is 4.64. The predicted molar refractivity (Wildman–Crippen MR) is 104 cm³/mol. The molecule has 2 aromatic carbocycles. The summed E-state index contributed by atoms with van der Waals surface area (Å²) >= 11 is 1.41. The highest BCUT2D eigenvalue weighted by Crippen LogP contribution is 2.29. The van der Waals surface area contributed by atoms with Crippen LogP contribution in [0, 0.1) is 10.1 Å². The number of ether oxygens (including phenoxy) is 1. The van der Waals surface area contributed by atoms with Crippen molar-refractivity contribution >= 4 is 29.3 Å². The Bertz CT molecular complexity index is 823. The van der Waals surface area contributed by atoms with E-state index < -0.39 is 10.9 Å². The first kappa shape index (κ1) is 20.4. The van der Waals surface area contributed by atoms with Crippen LogP contribution in [0.15, 0.2) is 48.5 Å². The van der Waals surface area contributed by atoms with E-state index in [-0.39, 0.29) is 22.6 Å². The normalized spacial score (nSPS) is 11.5. The third kappa shape index (κ3) is 6.10. The molecule has 1 amide bonds. The molecule has 0 bridgehead atoms. The maximum atomic E-state index is 12.0. The number of nitro groups is 1. The summed E-state index contributed by atoms with van der Waals surface area (Å²) in [5.74, 6) is -0.296. The molecule has 7 nitrogen and oxygen atoms in total. The monoisotopic (exact) mass is 388 g/mol. The number of amides is 1. The summed E-state index contributed by atoms with van der Waals surface area (Å²) in [5, 5.41) is 13.6. The molecule has 142 valence electrons. The van der Waals surface area contributed by atoms with Crippen molar-refractivity contribution in [1.29, 1.82) is 0 Å². The highest BCUT2D eigenvalue weighted by atomic mass is 32.2. The molecular weight excluding hydrogens is 368 g/mol. The van der Waals surface area contributed by atoms with E-state index in [1.165, 1.54) is 31.0 Å². The van der Waals surface area contributed by atoms with Crippen LogP contribution in [-0.4, -0.2) is 29.7 Å². The highest BCUT2D eigenvalue weighted by molar-refractivity contribution is 8.00. The van der Waals surface area contributed by atoms with Gasteiger partial charge in [0, 0.05) is 23.9 Å². The minimum atomic E-state index is -0.431. The Morgan fingerprint density at radius 1 is 1.22 bits per heavy atom. The second kappa shape index (κ2) is 9.72. The van der Waals surface area contributed by atoms with Crippen LogP contribution in [0.5, 0.6) is 0 Å². The van der Waals surface area contributed by atoms with Gasteiger partial charge in [0.1, 0.15) is 0 Å². The molecule has 0 aliphatic heterocycles. The molecular formula is C19H20N2O5S. The fourth-order valence-electron chi connectivity index (χ4n) is 2.32. The first-order chi connectivity index (χ1) is 12.9. The summed E-state index contributed by atoms with van der Waals surface area (Å²) in [4.78, 5) is 33.8. The lowest BCUT2D eigenvalue weighted by atomic mass is 10.1. The number of benzene rings is 2. The Morgan fingerprint density at radius 3 is 2.56 bits per heavy atom. The van der Waals surface area contributed by atoms with Gasteiger partial charge in [-0.2, -0.15) is 0 Å². The molecule has 0 spiro atoms. The minimum Gasteiger partial charge on any atom is -0.465 e. The van der Waals surface area contributed by atoms with Gasteiger partial charge in [-0.25, -0.2) is 4.79 Å². The fourth-order valence-corrected chi connectivity index (χ4v) is 3.16. The Morgan fingerprint density at radius 2 is 1.93 bits per heavy atom. The second-order valence-corrected chi connectivity index (χ2v) is 7.10. The molecule has 2 rings (SSSR count). The molecule has 0 saturated heterocycles. The van der Waals surface area contributed by atoms with E-state index in [4.69, 9.17) is 0 Å². The molecule has 0 radical (unpaired) electrons. The first-order valence-electron chi connectivity index (χ1n) is 8.20. The minimum absolute atomic E-state index is 0.0415. The van der Waals surface area contributed by atoms with Gasteiger partial charge in [0.05, 0.1) is 23.3 Å². The van der Waals surface area contributed by atoms with Gasteiger partial charge in [0.15, 0.2) is 0 Å². The molecule has 0 aliphatic carbocycles. The number of carbonyl (C=O) groups is 2. The van der Waals surface area contributed by atoms with Gasteiger partial charge in [0.2, 0.25) is 5.91 Å². The first-order valence-corrected chi connectivity index (χ1v) is 9.25. The molecule has 0 fully saturated rings. The van der Waals surface area contributed by atoms with Crippen molar-refractivity contribution in [3.8, 4) is 0 Å².